The molecule has 1 aromatic carbocycles. The molecule has 1 aliphatic heterocycles. The number of thiazole rings is 2. The van der Waals surface area contributed by atoms with E-state index in [-0.39, 0.29) is 11.5 Å². The van der Waals surface area contributed by atoms with E-state index in [9.17, 15) is 9.59 Å². The summed E-state index contributed by atoms with van der Waals surface area (Å²) in [5, 5.41) is 3.81. The van der Waals surface area contributed by atoms with Gasteiger partial charge in [0.05, 0.1) is 16.9 Å². The molecule has 0 unspecified atom stereocenters. The topological polar surface area (TPSA) is 80.0 Å². The van der Waals surface area contributed by atoms with Crippen LogP contribution >= 0.6 is 22.7 Å². The van der Waals surface area contributed by atoms with Gasteiger partial charge < -0.3 is 9.64 Å². The van der Waals surface area contributed by atoms with Crippen LogP contribution in [0.3, 0.4) is 0 Å². The van der Waals surface area contributed by atoms with Crippen molar-refractivity contribution >= 4 is 33.5 Å². The predicted octanol–water partition coefficient (Wildman–Crippen LogP) is 2.75. The molecule has 5 rings (SSSR count). The Kier molecular flexibility index (Phi) is 5.97. The summed E-state index contributed by atoms with van der Waals surface area (Å²) in [5.41, 5.74) is 4.03. The normalized spacial score (nSPS) is 14.7. The minimum atomic E-state index is -0.0564. The van der Waals surface area contributed by atoms with Crippen molar-refractivity contribution in [3.05, 3.63) is 80.1 Å². The van der Waals surface area contributed by atoms with Crippen molar-refractivity contribution in [2.24, 2.45) is 0 Å². The first-order chi connectivity index (χ1) is 15.7. The molecule has 4 heterocycles. The molecule has 0 atom stereocenters. The first kappa shape index (κ1) is 20.8. The van der Waals surface area contributed by atoms with Crippen LogP contribution in [0.5, 0.6) is 5.75 Å². The van der Waals surface area contributed by atoms with Crippen LogP contribution in [0.25, 0.3) is 4.96 Å². The van der Waals surface area contributed by atoms with E-state index in [1.165, 1.54) is 22.7 Å². The third-order valence-electron chi connectivity index (χ3n) is 5.37. The van der Waals surface area contributed by atoms with Crippen LogP contribution in [0.1, 0.15) is 21.7 Å². The highest BCUT2D eigenvalue weighted by atomic mass is 32.1. The Morgan fingerprint density at radius 3 is 2.66 bits per heavy atom. The van der Waals surface area contributed by atoms with Gasteiger partial charge in [0.1, 0.15) is 12.4 Å². The molecule has 0 spiro atoms. The minimum absolute atomic E-state index is 0.0204. The quantitative estimate of drug-likeness (QED) is 0.434. The van der Waals surface area contributed by atoms with E-state index >= 15 is 0 Å². The van der Waals surface area contributed by atoms with E-state index in [1.54, 1.807) is 34.3 Å². The van der Waals surface area contributed by atoms with Gasteiger partial charge in [0, 0.05) is 61.3 Å². The van der Waals surface area contributed by atoms with E-state index < -0.39 is 0 Å². The first-order valence-corrected chi connectivity index (χ1v) is 12.1. The molecule has 1 fully saturated rings. The third kappa shape index (κ3) is 4.57. The molecule has 164 valence electrons. The smallest absolute Gasteiger partial charge is 0.258 e. The number of nitrogens with zero attached hydrogens (tertiary/aromatic N) is 5. The summed E-state index contributed by atoms with van der Waals surface area (Å²) in [7, 11) is 0. The largest absolute Gasteiger partial charge is 0.487 e. The van der Waals surface area contributed by atoms with Gasteiger partial charge in [-0.05, 0) is 24.3 Å². The van der Waals surface area contributed by atoms with Crippen LogP contribution < -0.4 is 10.3 Å². The van der Waals surface area contributed by atoms with Crippen molar-refractivity contribution in [1.29, 1.82) is 0 Å². The minimum Gasteiger partial charge on any atom is -0.487 e. The summed E-state index contributed by atoms with van der Waals surface area (Å²) >= 11 is 2.99. The molecule has 0 radical (unpaired) electrons. The molecule has 0 bridgehead atoms. The van der Waals surface area contributed by atoms with Gasteiger partial charge in [-0.25, -0.2) is 9.97 Å². The van der Waals surface area contributed by atoms with Crippen LogP contribution in [0.4, 0.5) is 0 Å². The number of benzene rings is 1. The molecule has 0 N–H and O–H groups in total. The summed E-state index contributed by atoms with van der Waals surface area (Å²) in [6, 6.07) is 8.84. The van der Waals surface area contributed by atoms with E-state index in [0.717, 1.165) is 24.5 Å². The molecule has 1 amide bonds. The van der Waals surface area contributed by atoms with Crippen molar-refractivity contribution in [3.8, 4) is 5.75 Å². The highest BCUT2D eigenvalue weighted by Gasteiger charge is 2.22. The fourth-order valence-electron chi connectivity index (χ4n) is 3.65. The molecule has 0 saturated carbocycles. The maximum absolute atomic E-state index is 12.9. The van der Waals surface area contributed by atoms with Gasteiger partial charge in [-0.15, -0.1) is 22.7 Å². The second kappa shape index (κ2) is 9.19. The van der Waals surface area contributed by atoms with Crippen LogP contribution in [0.2, 0.25) is 0 Å². The van der Waals surface area contributed by atoms with Crippen molar-refractivity contribution in [1.82, 2.24) is 24.2 Å². The van der Waals surface area contributed by atoms with Gasteiger partial charge in [-0.2, -0.15) is 0 Å². The fraction of sp³-hybridized carbons (Fsp3) is 0.273. The maximum atomic E-state index is 12.9. The Bertz CT molecular complexity index is 1260. The molecule has 1 aliphatic rings. The van der Waals surface area contributed by atoms with Crippen LogP contribution in [-0.2, 0) is 13.2 Å². The molecule has 10 heteroatoms. The zero-order chi connectivity index (χ0) is 21.9. The molecular formula is C22H21N5O3S2. The number of ether oxygens (including phenoxy) is 1. The summed E-state index contributed by atoms with van der Waals surface area (Å²) in [5.74, 6) is 0.734. The standard InChI is InChI=1S/C22H21N5O3S2/c28-20-11-17(24-22-27(20)9-10-32-22)12-25-5-7-26(8-6-25)21(29)16-1-3-19(4-2-16)30-13-18-14-31-15-23-18/h1-4,9-11,14-15H,5-8,12-13H2. The maximum Gasteiger partial charge on any atom is 0.258 e. The van der Waals surface area contributed by atoms with Crippen molar-refractivity contribution in [3.63, 3.8) is 0 Å². The fourth-order valence-corrected chi connectivity index (χ4v) is 4.93. The summed E-state index contributed by atoms with van der Waals surface area (Å²) in [4.78, 5) is 38.6. The first-order valence-electron chi connectivity index (χ1n) is 10.2. The van der Waals surface area contributed by atoms with E-state index in [2.05, 4.69) is 14.9 Å². The van der Waals surface area contributed by atoms with Crippen LogP contribution in [0, 0.1) is 0 Å². The van der Waals surface area contributed by atoms with Crippen LogP contribution in [0.15, 0.2) is 57.6 Å². The number of carbonyl (C=O) groups excluding carboxylic acids is 1. The lowest BCUT2D eigenvalue weighted by atomic mass is 10.1. The number of rotatable bonds is 6. The van der Waals surface area contributed by atoms with Gasteiger partial charge >= 0.3 is 0 Å². The van der Waals surface area contributed by atoms with Gasteiger partial charge in [-0.3, -0.25) is 18.9 Å². The zero-order valence-corrected chi connectivity index (χ0v) is 18.8. The van der Waals surface area contributed by atoms with E-state index in [0.29, 0.717) is 42.5 Å². The summed E-state index contributed by atoms with van der Waals surface area (Å²) < 4.78 is 7.27. The second-order valence-corrected chi connectivity index (χ2v) is 9.09. The van der Waals surface area contributed by atoms with Crippen molar-refractivity contribution in [2.45, 2.75) is 13.2 Å². The SMILES string of the molecule is O=C(c1ccc(OCc2cscn2)cc1)N1CCN(Cc2cc(=O)n3ccsc3n2)CC1. The molecule has 32 heavy (non-hydrogen) atoms. The number of piperazine rings is 1. The van der Waals surface area contributed by atoms with Gasteiger partial charge in [-0.1, -0.05) is 0 Å². The summed E-state index contributed by atoms with van der Waals surface area (Å²) in [6.45, 7) is 3.79. The molecule has 1 saturated heterocycles. The molecule has 4 aromatic rings. The average Bonchev–Trinajstić information content (AvgIpc) is 3.50. The number of hydrogen-bond donors (Lipinski definition) is 0. The molecule has 3 aromatic heterocycles. The monoisotopic (exact) mass is 467 g/mol. The molecule has 8 nitrogen and oxygen atoms in total. The van der Waals surface area contributed by atoms with Gasteiger partial charge in [0.2, 0.25) is 0 Å². The number of aromatic nitrogens is 3. The molecular weight excluding hydrogens is 446 g/mol. The lowest BCUT2D eigenvalue weighted by Crippen LogP contribution is -2.48. The van der Waals surface area contributed by atoms with E-state index in [4.69, 9.17) is 4.74 Å². The Morgan fingerprint density at radius 2 is 1.91 bits per heavy atom. The van der Waals surface area contributed by atoms with E-state index in [1.807, 2.05) is 27.8 Å². The highest BCUT2D eigenvalue weighted by molar-refractivity contribution is 7.15. The summed E-state index contributed by atoms with van der Waals surface area (Å²) in [6.07, 6.45) is 1.74. The number of hydrogen-bond acceptors (Lipinski definition) is 8. The Balaban J connectivity index is 1.15. The van der Waals surface area contributed by atoms with Gasteiger partial charge in [0.25, 0.3) is 11.5 Å². The van der Waals surface area contributed by atoms with Crippen molar-refractivity contribution in [2.75, 3.05) is 26.2 Å². The highest BCUT2D eigenvalue weighted by Crippen LogP contribution is 2.17. The van der Waals surface area contributed by atoms with Crippen molar-refractivity contribution < 1.29 is 9.53 Å². The second-order valence-electron chi connectivity index (χ2n) is 7.50. The lowest BCUT2D eigenvalue weighted by Gasteiger charge is -2.34. The van der Waals surface area contributed by atoms with Crippen LogP contribution in [-0.4, -0.2) is 56.3 Å². The number of amides is 1. The average molecular weight is 468 g/mol. The number of carbonyl (C=O) groups is 1. The Labute approximate surface area is 192 Å². The van der Waals surface area contributed by atoms with Gasteiger partial charge in [0.15, 0.2) is 4.96 Å². The zero-order valence-electron chi connectivity index (χ0n) is 17.2. The number of fused-ring (bicyclic) bond motifs is 1. The predicted molar refractivity (Wildman–Crippen MR) is 123 cm³/mol. The lowest BCUT2D eigenvalue weighted by molar-refractivity contribution is 0.0627. The third-order valence-corrected chi connectivity index (χ3v) is 6.76. The Hall–Kier alpha value is -3.08. The Morgan fingerprint density at radius 1 is 1.09 bits per heavy atom. The molecule has 0 aliphatic carbocycles.